The van der Waals surface area contributed by atoms with Crippen LogP contribution in [0.1, 0.15) is 39.2 Å². The molecule has 0 bridgehead atoms. The van der Waals surface area contributed by atoms with E-state index in [4.69, 9.17) is 9.88 Å². The number of ether oxygens (including phenoxy) is 1. The first kappa shape index (κ1) is 17.9. The van der Waals surface area contributed by atoms with Crippen molar-refractivity contribution in [1.82, 2.24) is 4.90 Å². The van der Waals surface area contributed by atoms with Crippen LogP contribution in [-0.4, -0.2) is 39.6 Å². The lowest BCUT2D eigenvalue weighted by Gasteiger charge is -2.20. The Morgan fingerprint density at radius 2 is 1.86 bits per heavy atom. The summed E-state index contributed by atoms with van der Waals surface area (Å²) in [5.41, 5.74) is 0.862. The van der Waals surface area contributed by atoms with Crippen molar-refractivity contribution in [1.29, 1.82) is 0 Å². The summed E-state index contributed by atoms with van der Waals surface area (Å²) in [7, 11) is -3.68. The number of rotatable bonds is 8. The van der Waals surface area contributed by atoms with Crippen molar-refractivity contribution in [2.75, 3.05) is 26.2 Å². The van der Waals surface area contributed by atoms with Crippen LogP contribution in [-0.2, 0) is 10.0 Å². The minimum atomic E-state index is -3.68. The summed E-state index contributed by atoms with van der Waals surface area (Å²) in [5.74, 6) is 0.889. The van der Waals surface area contributed by atoms with Crippen molar-refractivity contribution in [2.45, 2.75) is 38.5 Å². The molecule has 1 aromatic carbocycles. The van der Waals surface area contributed by atoms with Crippen LogP contribution >= 0.6 is 0 Å². The lowest BCUT2D eigenvalue weighted by molar-refractivity contribution is 0.221. The average Bonchev–Trinajstić information content (AvgIpc) is 2.42. The molecule has 2 N–H and O–H groups in total. The van der Waals surface area contributed by atoms with Gasteiger partial charge in [-0.15, -0.1) is 0 Å². The van der Waals surface area contributed by atoms with Gasteiger partial charge in [-0.1, -0.05) is 27.7 Å². The Bertz CT molecular complexity index is 552. The molecule has 1 rings (SSSR count). The first-order valence-electron chi connectivity index (χ1n) is 7.31. The topological polar surface area (TPSA) is 72.6 Å². The molecule has 5 nitrogen and oxygen atoms in total. The van der Waals surface area contributed by atoms with E-state index in [9.17, 15) is 8.42 Å². The van der Waals surface area contributed by atoms with Crippen LogP contribution < -0.4 is 9.88 Å². The zero-order valence-electron chi connectivity index (χ0n) is 13.3. The monoisotopic (exact) mass is 314 g/mol. The van der Waals surface area contributed by atoms with Gasteiger partial charge in [0, 0.05) is 6.54 Å². The quantitative estimate of drug-likeness (QED) is 0.798. The van der Waals surface area contributed by atoms with Crippen molar-refractivity contribution in [3.8, 4) is 5.75 Å². The highest BCUT2D eigenvalue weighted by molar-refractivity contribution is 7.89. The second-order valence-corrected chi connectivity index (χ2v) is 6.84. The van der Waals surface area contributed by atoms with E-state index < -0.39 is 10.0 Å². The summed E-state index contributed by atoms with van der Waals surface area (Å²) >= 11 is 0. The van der Waals surface area contributed by atoms with Gasteiger partial charge in [-0.2, -0.15) is 0 Å². The molecular formula is C15H26N2O3S. The molecule has 0 saturated heterocycles. The minimum Gasteiger partial charge on any atom is -0.492 e. The van der Waals surface area contributed by atoms with Gasteiger partial charge in [0.05, 0.1) is 4.90 Å². The van der Waals surface area contributed by atoms with E-state index >= 15 is 0 Å². The van der Waals surface area contributed by atoms with Crippen LogP contribution in [0.15, 0.2) is 23.1 Å². The van der Waals surface area contributed by atoms with Crippen molar-refractivity contribution in [3.05, 3.63) is 23.8 Å². The molecule has 120 valence electrons. The average molecular weight is 314 g/mol. The van der Waals surface area contributed by atoms with Crippen molar-refractivity contribution < 1.29 is 13.2 Å². The highest BCUT2D eigenvalue weighted by Gasteiger charge is 2.14. The van der Waals surface area contributed by atoms with E-state index in [1.54, 1.807) is 12.1 Å². The van der Waals surface area contributed by atoms with Crippen LogP contribution in [0, 0.1) is 0 Å². The normalized spacial score (nSPS) is 12.1. The van der Waals surface area contributed by atoms with Crippen LogP contribution in [0.3, 0.4) is 0 Å². The fraction of sp³-hybridized carbons (Fsp3) is 0.600. The van der Waals surface area contributed by atoms with Crippen LogP contribution in [0.2, 0.25) is 0 Å². The smallest absolute Gasteiger partial charge is 0.238 e. The molecule has 21 heavy (non-hydrogen) atoms. The van der Waals surface area contributed by atoms with E-state index in [0.717, 1.165) is 30.9 Å². The summed E-state index contributed by atoms with van der Waals surface area (Å²) < 4.78 is 28.7. The van der Waals surface area contributed by atoms with Gasteiger partial charge in [-0.05, 0) is 42.8 Å². The molecule has 0 aliphatic carbocycles. The van der Waals surface area contributed by atoms with Gasteiger partial charge in [-0.25, -0.2) is 13.6 Å². The molecule has 0 heterocycles. The molecule has 0 saturated carbocycles. The Morgan fingerprint density at radius 1 is 1.24 bits per heavy atom. The maximum atomic E-state index is 11.4. The van der Waals surface area contributed by atoms with Crippen LogP contribution in [0.25, 0.3) is 0 Å². The molecule has 1 aromatic rings. The van der Waals surface area contributed by atoms with Gasteiger partial charge in [0.25, 0.3) is 0 Å². The number of nitrogens with two attached hydrogens (primary N) is 1. The molecule has 0 amide bonds. The molecule has 0 atom stereocenters. The number of hydrogen-bond donors (Lipinski definition) is 1. The number of hydrogen-bond acceptors (Lipinski definition) is 4. The summed E-state index contributed by atoms with van der Waals surface area (Å²) in [6, 6.07) is 4.79. The largest absolute Gasteiger partial charge is 0.492 e. The van der Waals surface area contributed by atoms with Crippen LogP contribution in [0.5, 0.6) is 5.75 Å². The number of primary sulfonamides is 1. The number of likely N-dealkylation sites (N-methyl/N-ethyl adjacent to an activating group) is 1. The highest BCUT2D eigenvalue weighted by atomic mass is 32.2. The summed E-state index contributed by atoms with van der Waals surface area (Å²) in [6.07, 6.45) is 0. The SMILES string of the molecule is CCN(CC)CCOc1ccc(S(N)(=O)=O)cc1C(C)C. The second-order valence-electron chi connectivity index (χ2n) is 5.27. The highest BCUT2D eigenvalue weighted by Crippen LogP contribution is 2.28. The van der Waals surface area contributed by atoms with Crippen molar-refractivity contribution >= 4 is 10.0 Å². The van der Waals surface area contributed by atoms with Gasteiger partial charge in [0.1, 0.15) is 12.4 Å². The minimum absolute atomic E-state index is 0.127. The number of nitrogens with zero attached hydrogens (tertiary/aromatic N) is 1. The molecule has 6 heteroatoms. The van der Waals surface area contributed by atoms with Crippen molar-refractivity contribution in [3.63, 3.8) is 0 Å². The Balaban J connectivity index is 2.87. The molecule has 0 unspecified atom stereocenters. The third kappa shape index (κ3) is 5.30. The molecular weight excluding hydrogens is 288 g/mol. The first-order chi connectivity index (χ1) is 9.79. The van der Waals surface area contributed by atoms with Gasteiger partial charge >= 0.3 is 0 Å². The predicted molar refractivity (Wildman–Crippen MR) is 85.2 cm³/mol. The number of sulfonamides is 1. The Hall–Kier alpha value is -1.11. The van der Waals surface area contributed by atoms with Gasteiger partial charge < -0.3 is 9.64 Å². The van der Waals surface area contributed by atoms with Gasteiger partial charge in [-0.3, -0.25) is 0 Å². The summed E-state index contributed by atoms with van der Waals surface area (Å²) in [6.45, 7) is 11.6. The Morgan fingerprint density at radius 3 is 2.33 bits per heavy atom. The van der Waals surface area contributed by atoms with Gasteiger partial charge in [0.2, 0.25) is 10.0 Å². The van der Waals surface area contributed by atoms with E-state index in [0.29, 0.717) is 6.61 Å². The Kier molecular flexibility index (Phi) is 6.64. The molecule has 0 radical (unpaired) electrons. The van der Waals surface area contributed by atoms with E-state index in [2.05, 4.69) is 18.7 Å². The fourth-order valence-electron chi connectivity index (χ4n) is 2.11. The second kappa shape index (κ2) is 7.77. The lowest BCUT2D eigenvalue weighted by atomic mass is 10.0. The zero-order valence-corrected chi connectivity index (χ0v) is 14.1. The van der Waals surface area contributed by atoms with Crippen molar-refractivity contribution in [2.24, 2.45) is 5.14 Å². The van der Waals surface area contributed by atoms with Gasteiger partial charge in [0.15, 0.2) is 0 Å². The summed E-state index contributed by atoms with van der Waals surface area (Å²) in [4.78, 5) is 2.40. The van der Waals surface area contributed by atoms with Crippen LogP contribution in [0.4, 0.5) is 0 Å². The molecule has 0 fully saturated rings. The Labute approximate surface area is 128 Å². The zero-order chi connectivity index (χ0) is 16.0. The maximum Gasteiger partial charge on any atom is 0.238 e. The third-order valence-electron chi connectivity index (χ3n) is 3.49. The van der Waals surface area contributed by atoms with E-state index in [1.165, 1.54) is 6.07 Å². The summed E-state index contributed by atoms with van der Waals surface area (Å²) in [5, 5.41) is 5.18. The van der Waals surface area contributed by atoms with E-state index in [-0.39, 0.29) is 10.8 Å². The third-order valence-corrected chi connectivity index (χ3v) is 4.40. The predicted octanol–water partition coefficient (Wildman–Crippen LogP) is 2.18. The molecule has 0 spiro atoms. The molecule has 0 aliphatic heterocycles. The molecule has 0 aliphatic rings. The van der Waals surface area contributed by atoms with E-state index in [1.807, 2.05) is 13.8 Å². The molecule has 0 aromatic heterocycles. The fourth-order valence-corrected chi connectivity index (χ4v) is 2.66. The number of benzene rings is 1. The maximum absolute atomic E-state index is 11.4. The standard InChI is InChI=1S/C15H26N2O3S/c1-5-17(6-2)9-10-20-15-8-7-13(21(16,18)19)11-14(15)12(3)4/h7-8,11-12H,5-6,9-10H2,1-4H3,(H2,16,18,19). The first-order valence-corrected chi connectivity index (χ1v) is 8.86. The lowest BCUT2D eigenvalue weighted by Crippen LogP contribution is -2.28.